The molecule has 0 heterocycles. The van der Waals surface area contributed by atoms with Crippen molar-refractivity contribution in [2.75, 3.05) is 12.0 Å². The average molecular weight is 477 g/mol. The second-order valence-electron chi connectivity index (χ2n) is 7.09. The summed E-state index contributed by atoms with van der Waals surface area (Å²) in [6.45, 7) is 1.38. The number of nitrogens with two attached hydrogens (primary N) is 3. The van der Waals surface area contributed by atoms with Gasteiger partial charge >= 0.3 is 5.97 Å². The van der Waals surface area contributed by atoms with E-state index in [4.69, 9.17) is 17.2 Å². The van der Waals surface area contributed by atoms with Gasteiger partial charge in [0.2, 0.25) is 29.5 Å². The van der Waals surface area contributed by atoms with E-state index < -0.39 is 59.7 Å². The van der Waals surface area contributed by atoms with Gasteiger partial charge in [-0.15, -0.1) is 0 Å². The number of hydrogen-bond donors (Lipinski definition) is 7. The normalized spacial score (nSPS) is 14.3. The molecule has 0 aliphatic heterocycles. The Bertz CT molecular complexity index is 705. The second-order valence-corrected chi connectivity index (χ2v) is 8.07. The van der Waals surface area contributed by atoms with Crippen molar-refractivity contribution in [1.82, 2.24) is 16.0 Å². The van der Waals surface area contributed by atoms with E-state index in [1.54, 1.807) is 0 Å². The van der Waals surface area contributed by atoms with E-state index in [2.05, 4.69) is 16.0 Å². The lowest BCUT2D eigenvalue weighted by Crippen LogP contribution is -2.56. The van der Waals surface area contributed by atoms with Gasteiger partial charge in [-0.05, 0) is 38.2 Å². The number of carbonyl (C=O) groups is 6. The van der Waals surface area contributed by atoms with Gasteiger partial charge in [0.25, 0.3) is 0 Å². The quantitative estimate of drug-likeness (QED) is 0.121. The summed E-state index contributed by atoms with van der Waals surface area (Å²) in [6, 6.07) is -4.62. The van der Waals surface area contributed by atoms with Gasteiger partial charge in [-0.25, -0.2) is 4.79 Å². The summed E-state index contributed by atoms with van der Waals surface area (Å²) < 4.78 is 0. The highest BCUT2D eigenvalue weighted by molar-refractivity contribution is 7.98. The molecule has 0 bridgehead atoms. The molecule has 13 nitrogen and oxygen atoms in total. The molecular formula is C18H32N6O7S. The Morgan fingerprint density at radius 1 is 0.812 bits per heavy atom. The van der Waals surface area contributed by atoms with Gasteiger partial charge in [0, 0.05) is 12.8 Å². The molecule has 0 aliphatic rings. The molecule has 4 unspecified atom stereocenters. The summed E-state index contributed by atoms with van der Waals surface area (Å²) in [6.07, 6.45) is 1.26. The lowest BCUT2D eigenvalue weighted by Gasteiger charge is -2.23. The van der Waals surface area contributed by atoms with E-state index in [0.29, 0.717) is 12.2 Å². The van der Waals surface area contributed by atoms with E-state index in [1.165, 1.54) is 18.7 Å². The largest absolute Gasteiger partial charge is 0.480 e. The van der Waals surface area contributed by atoms with Crippen molar-refractivity contribution in [2.45, 2.75) is 63.2 Å². The first kappa shape index (κ1) is 29.1. The summed E-state index contributed by atoms with van der Waals surface area (Å²) >= 11 is 1.51. The number of hydrogen-bond acceptors (Lipinski definition) is 8. The van der Waals surface area contributed by atoms with Crippen molar-refractivity contribution in [1.29, 1.82) is 0 Å². The van der Waals surface area contributed by atoms with Crippen LogP contribution in [0.3, 0.4) is 0 Å². The second kappa shape index (κ2) is 15.0. The van der Waals surface area contributed by atoms with Crippen LogP contribution in [-0.2, 0) is 28.8 Å². The Morgan fingerprint density at radius 3 is 1.78 bits per heavy atom. The summed E-state index contributed by atoms with van der Waals surface area (Å²) in [5.41, 5.74) is 15.9. The zero-order valence-electron chi connectivity index (χ0n) is 18.1. The van der Waals surface area contributed by atoms with Crippen LogP contribution in [0.2, 0.25) is 0 Å². The summed E-state index contributed by atoms with van der Waals surface area (Å²) in [7, 11) is 0. The fraction of sp³-hybridized carbons (Fsp3) is 0.667. The Balaban J connectivity index is 5.15. The summed E-state index contributed by atoms with van der Waals surface area (Å²) in [5, 5.41) is 16.2. The van der Waals surface area contributed by atoms with Crippen LogP contribution >= 0.6 is 11.8 Å². The van der Waals surface area contributed by atoms with E-state index in [1.807, 2.05) is 6.26 Å². The minimum Gasteiger partial charge on any atom is -0.480 e. The van der Waals surface area contributed by atoms with Gasteiger partial charge in [0.05, 0.1) is 6.04 Å². The van der Waals surface area contributed by atoms with E-state index in [0.717, 1.165) is 0 Å². The zero-order chi connectivity index (χ0) is 24.8. The molecule has 0 aromatic carbocycles. The number of amides is 5. The molecule has 4 atom stereocenters. The van der Waals surface area contributed by atoms with E-state index in [-0.39, 0.29) is 25.7 Å². The maximum absolute atomic E-state index is 12.6. The molecule has 10 N–H and O–H groups in total. The van der Waals surface area contributed by atoms with Crippen LogP contribution in [0.4, 0.5) is 0 Å². The number of carboxylic acid groups (broad SMARTS) is 1. The lowest BCUT2D eigenvalue weighted by molar-refractivity contribution is -0.142. The predicted molar refractivity (Wildman–Crippen MR) is 117 cm³/mol. The molecular weight excluding hydrogens is 444 g/mol. The Labute approximate surface area is 189 Å². The Morgan fingerprint density at radius 2 is 1.31 bits per heavy atom. The van der Waals surface area contributed by atoms with Gasteiger partial charge in [0.15, 0.2) is 0 Å². The molecule has 0 aromatic rings. The van der Waals surface area contributed by atoms with Crippen LogP contribution in [-0.4, -0.2) is 76.8 Å². The number of nitrogens with one attached hydrogen (secondary N) is 3. The molecule has 0 aromatic heterocycles. The number of thioether (sulfide) groups is 1. The molecule has 0 saturated carbocycles. The predicted octanol–water partition coefficient (Wildman–Crippen LogP) is -2.84. The SMILES string of the molecule is CSCCC(N)C(=O)NC(C)C(=O)NC(CCC(N)=O)C(=O)NC(CCC(N)=O)C(=O)O. The van der Waals surface area contributed by atoms with Crippen molar-refractivity contribution >= 4 is 47.3 Å². The van der Waals surface area contributed by atoms with Crippen molar-refractivity contribution in [3.63, 3.8) is 0 Å². The van der Waals surface area contributed by atoms with Crippen molar-refractivity contribution in [3.8, 4) is 0 Å². The molecule has 5 amide bonds. The first-order valence-electron chi connectivity index (χ1n) is 9.84. The highest BCUT2D eigenvalue weighted by Gasteiger charge is 2.29. The van der Waals surface area contributed by atoms with Crippen molar-refractivity contribution in [2.24, 2.45) is 17.2 Å². The molecule has 32 heavy (non-hydrogen) atoms. The maximum atomic E-state index is 12.6. The standard InChI is InChI=1S/C18H32N6O7S/c1-9(22-16(28)10(19)7-8-32-2)15(27)23-11(3-5-13(20)25)17(29)24-12(18(30)31)4-6-14(21)26/h9-12H,3-8,19H2,1-2H3,(H2,20,25)(H2,21,26)(H,22,28)(H,23,27)(H,24,29)(H,30,31). The van der Waals surface area contributed by atoms with E-state index in [9.17, 15) is 33.9 Å². The van der Waals surface area contributed by atoms with Gasteiger partial charge in [-0.1, -0.05) is 0 Å². The number of carboxylic acids is 1. The average Bonchev–Trinajstić information content (AvgIpc) is 2.70. The van der Waals surface area contributed by atoms with Crippen molar-refractivity contribution < 1.29 is 33.9 Å². The summed E-state index contributed by atoms with van der Waals surface area (Å²) in [5.74, 6) is -4.41. The fourth-order valence-electron chi connectivity index (χ4n) is 2.43. The fourth-order valence-corrected chi connectivity index (χ4v) is 2.92. The number of aliphatic carboxylic acids is 1. The van der Waals surface area contributed by atoms with Crippen LogP contribution in [0, 0.1) is 0 Å². The van der Waals surface area contributed by atoms with Gasteiger partial charge in [-0.2, -0.15) is 11.8 Å². The minimum atomic E-state index is -1.44. The van der Waals surface area contributed by atoms with Crippen LogP contribution in [0.1, 0.15) is 39.0 Å². The van der Waals surface area contributed by atoms with E-state index >= 15 is 0 Å². The van der Waals surface area contributed by atoms with Gasteiger partial charge in [0.1, 0.15) is 18.1 Å². The minimum absolute atomic E-state index is 0.205. The molecule has 182 valence electrons. The molecule has 14 heteroatoms. The molecule has 0 aliphatic carbocycles. The summed E-state index contributed by atoms with van der Waals surface area (Å²) in [4.78, 5) is 70.5. The Hall–Kier alpha value is -2.87. The number of carbonyl (C=O) groups excluding carboxylic acids is 5. The molecule has 0 spiro atoms. The monoisotopic (exact) mass is 476 g/mol. The maximum Gasteiger partial charge on any atom is 0.326 e. The number of primary amides is 2. The van der Waals surface area contributed by atoms with Crippen LogP contribution in [0.5, 0.6) is 0 Å². The smallest absolute Gasteiger partial charge is 0.326 e. The van der Waals surface area contributed by atoms with Crippen LogP contribution in [0.25, 0.3) is 0 Å². The van der Waals surface area contributed by atoms with Gasteiger partial charge in [-0.3, -0.25) is 24.0 Å². The highest BCUT2D eigenvalue weighted by Crippen LogP contribution is 2.04. The molecule has 0 radical (unpaired) electrons. The lowest BCUT2D eigenvalue weighted by atomic mass is 10.1. The highest BCUT2D eigenvalue weighted by atomic mass is 32.2. The van der Waals surface area contributed by atoms with Crippen LogP contribution < -0.4 is 33.2 Å². The first-order valence-corrected chi connectivity index (χ1v) is 11.2. The zero-order valence-corrected chi connectivity index (χ0v) is 18.9. The molecule has 0 fully saturated rings. The number of rotatable bonds is 16. The topological polar surface area (TPSA) is 237 Å². The first-order chi connectivity index (χ1) is 14.9. The van der Waals surface area contributed by atoms with Crippen LogP contribution in [0.15, 0.2) is 0 Å². The van der Waals surface area contributed by atoms with Crippen molar-refractivity contribution in [3.05, 3.63) is 0 Å². The molecule has 0 rings (SSSR count). The third-order valence-corrected chi connectivity index (χ3v) is 4.97. The van der Waals surface area contributed by atoms with Gasteiger partial charge < -0.3 is 38.3 Å². The molecule has 0 saturated heterocycles. The Kier molecular flexibility index (Phi) is 13.7. The third-order valence-electron chi connectivity index (χ3n) is 4.33. The third kappa shape index (κ3) is 12.1.